The zero-order valence-corrected chi connectivity index (χ0v) is 16.2. The normalized spacial score (nSPS) is 11.3. The third kappa shape index (κ3) is 4.00. The van der Waals surface area contributed by atoms with Gasteiger partial charge in [-0.1, -0.05) is 35.5 Å². The van der Waals surface area contributed by atoms with Gasteiger partial charge in [0.05, 0.1) is 18.9 Å². The molecule has 0 saturated carbocycles. The molecule has 0 amide bonds. The Hall–Kier alpha value is -2.35. The summed E-state index contributed by atoms with van der Waals surface area (Å²) < 4.78 is 13.1. The smallest absolute Gasteiger partial charge is 0.205 e. The lowest BCUT2D eigenvalue weighted by molar-refractivity contribution is 0.185. The fourth-order valence-corrected chi connectivity index (χ4v) is 3.63. The first-order valence-electron chi connectivity index (χ1n) is 8.40. The van der Waals surface area contributed by atoms with Crippen LogP contribution in [0.15, 0.2) is 58.1 Å². The van der Waals surface area contributed by atoms with E-state index in [-0.39, 0.29) is 0 Å². The molecule has 2 aromatic carbocycles. The van der Waals surface area contributed by atoms with Crippen LogP contribution in [0, 0.1) is 0 Å². The van der Waals surface area contributed by atoms with E-state index in [4.69, 9.17) is 20.8 Å². The lowest BCUT2D eigenvalue weighted by Gasteiger charge is -2.09. The second-order valence-corrected chi connectivity index (χ2v) is 7.20. The Morgan fingerprint density at radius 2 is 1.93 bits per heavy atom. The van der Waals surface area contributed by atoms with Crippen molar-refractivity contribution in [3.8, 4) is 11.4 Å². The van der Waals surface area contributed by atoms with Crippen molar-refractivity contribution in [1.29, 1.82) is 0 Å². The topological polar surface area (TPSA) is 66.0 Å². The second kappa shape index (κ2) is 8.12. The molecule has 0 unspecified atom stereocenters. The highest BCUT2D eigenvalue weighted by Gasteiger charge is 2.16. The maximum absolute atomic E-state index is 5.99. The van der Waals surface area contributed by atoms with Crippen molar-refractivity contribution in [2.45, 2.75) is 17.5 Å². The molecule has 0 fully saturated rings. The number of oxazole rings is 1. The number of rotatable bonds is 7. The third-order valence-corrected chi connectivity index (χ3v) is 5.20. The van der Waals surface area contributed by atoms with Gasteiger partial charge in [0.1, 0.15) is 5.52 Å². The van der Waals surface area contributed by atoms with Crippen LogP contribution in [0.1, 0.15) is 5.89 Å². The van der Waals surface area contributed by atoms with Gasteiger partial charge >= 0.3 is 0 Å². The fraction of sp³-hybridized carbons (Fsp3) is 0.211. The number of methoxy groups -OCH3 is 1. The maximum Gasteiger partial charge on any atom is 0.205 e. The van der Waals surface area contributed by atoms with E-state index < -0.39 is 0 Å². The Bertz CT molecular complexity index is 1010. The molecule has 0 radical (unpaired) electrons. The van der Waals surface area contributed by atoms with Crippen molar-refractivity contribution < 1.29 is 9.15 Å². The summed E-state index contributed by atoms with van der Waals surface area (Å²) >= 11 is 7.53. The average molecular weight is 401 g/mol. The van der Waals surface area contributed by atoms with Gasteiger partial charge in [-0.3, -0.25) is 4.57 Å². The maximum atomic E-state index is 5.99. The molecular formula is C19H17ClN4O2S. The molecule has 138 valence electrons. The van der Waals surface area contributed by atoms with Gasteiger partial charge in [0.25, 0.3) is 0 Å². The number of benzene rings is 2. The zero-order chi connectivity index (χ0) is 18.6. The molecule has 0 saturated heterocycles. The predicted octanol–water partition coefficient (Wildman–Crippen LogP) is 4.68. The van der Waals surface area contributed by atoms with Crippen LogP contribution in [0.5, 0.6) is 0 Å². The Kier molecular flexibility index (Phi) is 5.42. The van der Waals surface area contributed by atoms with Gasteiger partial charge in [-0.15, -0.1) is 10.2 Å². The van der Waals surface area contributed by atoms with Crippen LogP contribution in [0.25, 0.3) is 22.5 Å². The number of halogens is 1. The zero-order valence-electron chi connectivity index (χ0n) is 14.6. The summed E-state index contributed by atoms with van der Waals surface area (Å²) in [6.45, 7) is 1.21. The number of hydrogen-bond donors (Lipinski definition) is 0. The van der Waals surface area contributed by atoms with E-state index in [1.165, 1.54) is 11.8 Å². The highest BCUT2D eigenvalue weighted by molar-refractivity contribution is 7.98. The molecular weight excluding hydrogens is 384 g/mol. The van der Waals surface area contributed by atoms with Crippen LogP contribution < -0.4 is 0 Å². The number of aromatic nitrogens is 4. The van der Waals surface area contributed by atoms with Crippen molar-refractivity contribution in [2.75, 3.05) is 13.7 Å². The first-order valence-corrected chi connectivity index (χ1v) is 9.76. The largest absolute Gasteiger partial charge is 0.440 e. The molecule has 0 N–H and O–H groups in total. The quantitative estimate of drug-likeness (QED) is 0.420. The van der Waals surface area contributed by atoms with E-state index in [0.717, 1.165) is 27.6 Å². The van der Waals surface area contributed by atoms with Gasteiger partial charge in [-0.25, -0.2) is 4.98 Å². The summed E-state index contributed by atoms with van der Waals surface area (Å²) in [6.07, 6.45) is 0. The van der Waals surface area contributed by atoms with Crippen LogP contribution in [-0.2, 0) is 17.0 Å². The molecule has 0 aliphatic rings. The highest BCUT2D eigenvalue weighted by atomic mass is 35.5. The van der Waals surface area contributed by atoms with Gasteiger partial charge in [-0.05, 0) is 36.4 Å². The number of para-hydroxylation sites is 2. The van der Waals surface area contributed by atoms with E-state index in [2.05, 4.69) is 15.2 Å². The minimum atomic E-state index is 0.565. The lowest BCUT2D eigenvalue weighted by Crippen LogP contribution is -2.07. The minimum Gasteiger partial charge on any atom is -0.440 e. The fourth-order valence-electron chi connectivity index (χ4n) is 2.70. The summed E-state index contributed by atoms with van der Waals surface area (Å²) in [7, 11) is 1.68. The number of nitrogens with zero attached hydrogens (tertiary/aromatic N) is 4. The minimum absolute atomic E-state index is 0.565. The summed E-state index contributed by atoms with van der Waals surface area (Å²) in [5.41, 5.74) is 2.60. The summed E-state index contributed by atoms with van der Waals surface area (Å²) in [5, 5.41) is 10.2. The van der Waals surface area contributed by atoms with E-state index in [0.29, 0.717) is 29.8 Å². The highest BCUT2D eigenvalue weighted by Crippen LogP contribution is 2.28. The Labute approximate surface area is 165 Å². The Balaban J connectivity index is 1.58. The van der Waals surface area contributed by atoms with Gasteiger partial charge < -0.3 is 9.15 Å². The van der Waals surface area contributed by atoms with Crippen molar-refractivity contribution in [2.24, 2.45) is 0 Å². The standard InChI is InChI=1S/C19H17ClN4O2S/c1-25-11-10-24-18(13-6-8-14(20)9-7-13)22-23-19(24)27-12-17-21-15-4-2-3-5-16(15)26-17/h2-9H,10-12H2,1H3. The predicted molar refractivity (Wildman–Crippen MR) is 106 cm³/mol. The van der Waals surface area contributed by atoms with Crippen LogP contribution in [0.3, 0.4) is 0 Å². The molecule has 4 aromatic rings. The molecule has 2 heterocycles. The molecule has 2 aromatic heterocycles. The summed E-state index contributed by atoms with van der Waals surface area (Å²) in [6, 6.07) is 15.3. The Morgan fingerprint density at radius 3 is 2.70 bits per heavy atom. The molecule has 0 bridgehead atoms. The van der Waals surface area contributed by atoms with E-state index in [1.54, 1.807) is 7.11 Å². The molecule has 0 spiro atoms. The van der Waals surface area contributed by atoms with Crippen LogP contribution >= 0.6 is 23.4 Å². The molecule has 6 nitrogen and oxygen atoms in total. The monoisotopic (exact) mass is 400 g/mol. The van der Waals surface area contributed by atoms with Crippen molar-refractivity contribution in [1.82, 2.24) is 19.7 Å². The molecule has 0 aliphatic carbocycles. The van der Waals surface area contributed by atoms with E-state index >= 15 is 0 Å². The molecule has 0 atom stereocenters. The number of fused-ring (bicyclic) bond motifs is 1. The lowest BCUT2D eigenvalue weighted by atomic mass is 10.2. The second-order valence-electron chi connectivity index (χ2n) is 5.82. The number of thioether (sulfide) groups is 1. The van der Waals surface area contributed by atoms with E-state index in [9.17, 15) is 0 Å². The van der Waals surface area contributed by atoms with Crippen molar-refractivity contribution in [3.05, 3.63) is 59.4 Å². The van der Waals surface area contributed by atoms with Crippen LogP contribution in [-0.4, -0.2) is 33.5 Å². The van der Waals surface area contributed by atoms with E-state index in [1.807, 2.05) is 53.1 Å². The van der Waals surface area contributed by atoms with Gasteiger partial charge in [-0.2, -0.15) is 0 Å². The van der Waals surface area contributed by atoms with Gasteiger partial charge in [0.15, 0.2) is 16.6 Å². The van der Waals surface area contributed by atoms with Gasteiger partial charge in [0.2, 0.25) is 5.89 Å². The molecule has 4 rings (SSSR count). The molecule has 27 heavy (non-hydrogen) atoms. The average Bonchev–Trinajstić information content (AvgIpc) is 3.28. The molecule has 8 heteroatoms. The third-order valence-electron chi connectivity index (χ3n) is 4.00. The van der Waals surface area contributed by atoms with Crippen LogP contribution in [0.2, 0.25) is 5.02 Å². The number of ether oxygens (including phenoxy) is 1. The first-order chi connectivity index (χ1) is 13.2. The first kappa shape index (κ1) is 18.0. The van der Waals surface area contributed by atoms with Crippen LogP contribution in [0.4, 0.5) is 0 Å². The Morgan fingerprint density at radius 1 is 1.11 bits per heavy atom. The van der Waals surface area contributed by atoms with Crippen molar-refractivity contribution in [3.63, 3.8) is 0 Å². The van der Waals surface area contributed by atoms with Crippen molar-refractivity contribution >= 4 is 34.5 Å². The SMILES string of the molecule is COCCn1c(SCc2nc3ccccc3o2)nnc1-c1ccc(Cl)cc1. The molecule has 0 aliphatic heterocycles. The summed E-state index contributed by atoms with van der Waals surface area (Å²) in [5.74, 6) is 2.01. The van der Waals surface area contributed by atoms with Gasteiger partial charge in [0, 0.05) is 17.7 Å². The number of hydrogen-bond acceptors (Lipinski definition) is 6. The summed E-state index contributed by atoms with van der Waals surface area (Å²) in [4.78, 5) is 4.51.